The van der Waals surface area contributed by atoms with Crippen LogP contribution >= 0.6 is 0 Å². The molecule has 182 valence electrons. The largest absolute Gasteiger partial charge is 0.494 e. The van der Waals surface area contributed by atoms with Crippen molar-refractivity contribution >= 4 is 17.6 Å². The van der Waals surface area contributed by atoms with Gasteiger partial charge >= 0.3 is 5.97 Å². The molecule has 1 amide bonds. The Morgan fingerprint density at radius 2 is 1.64 bits per heavy atom. The number of nitrogens with zero attached hydrogens (tertiary/aromatic N) is 2. The lowest BCUT2D eigenvalue weighted by Crippen LogP contribution is -2.29. The fraction of sp³-hybridized carbons (Fsp3) is 0.207. The van der Waals surface area contributed by atoms with E-state index in [-0.39, 0.29) is 5.91 Å². The van der Waals surface area contributed by atoms with Crippen LogP contribution in [-0.2, 0) is 4.74 Å². The Kier molecular flexibility index (Phi) is 6.29. The summed E-state index contributed by atoms with van der Waals surface area (Å²) in [6.07, 6.45) is 0. The molecule has 3 aromatic carbocycles. The summed E-state index contributed by atoms with van der Waals surface area (Å²) in [6, 6.07) is 22.4. The number of hydrogen-bond donors (Lipinski definition) is 1. The first-order chi connectivity index (χ1) is 17.5. The minimum absolute atomic E-state index is 0.182. The standard InChI is InChI=1S/C29H27N3O4/c1-4-35-23-16-12-20(13-17-23)27-24-25(19-8-6-18(3)7-9-19)30-31-26(24)28(33)32(27)22-14-10-21(11-15-22)29(34)36-5-2/h6-17,27H,4-5H2,1-3H3,(H,30,31)/t27-/m0/s1. The molecule has 5 rings (SSSR count). The Balaban J connectivity index is 1.61. The van der Waals surface area contributed by atoms with Gasteiger partial charge in [0.1, 0.15) is 11.4 Å². The molecule has 1 atom stereocenters. The van der Waals surface area contributed by atoms with Crippen molar-refractivity contribution in [3.63, 3.8) is 0 Å². The lowest BCUT2D eigenvalue weighted by molar-refractivity contribution is 0.0526. The molecule has 0 saturated heterocycles. The van der Waals surface area contributed by atoms with E-state index in [9.17, 15) is 9.59 Å². The molecule has 0 bridgehead atoms. The van der Waals surface area contributed by atoms with E-state index in [0.717, 1.165) is 33.7 Å². The Labute approximate surface area is 209 Å². The van der Waals surface area contributed by atoms with Crippen LogP contribution in [0.5, 0.6) is 5.75 Å². The number of carbonyl (C=O) groups is 2. The Hall–Kier alpha value is -4.39. The average Bonchev–Trinajstić information content (AvgIpc) is 3.44. The molecule has 1 aromatic heterocycles. The van der Waals surface area contributed by atoms with Gasteiger partial charge in [-0.3, -0.25) is 14.8 Å². The lowest BCUT2D eigenvalue weighted by Gasteiger charge is -2.27. The van der Waals surface area contributed by atoms with Crippen molar-refractivity contribution in [3.05, 3.63) is 101 Å². The van der Waals surface area contributed by atoms with Gasteiger partial charge in [-0.1, -0.05) is 42.0 Å². The van der Waals surface area contributed by atoms with Gasteiger partial charge in [0.2, 0.25) is 0 Å². The van der Waals surface area contributed by atoms with Crippen molar-refractivity contribution in [1.29, 1.82) is 0 Å². The fourth-order valence-electron chi connectivity index (χ4n) is 4.55. The van der Waals surface area contributed by atoms with Crippen LogP contribution in [0.4, 0.5) is 5.69 Å². The molecule has 2 heterocycles. The molecule has 36 heavy (non-hydrogen) atoms. The van der Waals surface area contributed by atoms with Crippen LogP contribution in [-0.4, -0.2) is 35.3 Å². The molecule has 1 aliphatic rings. The molecule has 0 saturated carbocycles. The van der Waals surface area contributed by atoms with Crippen molar-refractivity contribution in [3.8, 4) is 17.0 Å². The average molecular weight is 482 g/mol. The van der Waals surface area contributed by atoms with Gasteiger partial charge in [-0.15, -0.1) is 0 Å². The number of rotatable bonds is 7. The molecular formula is C29H27N3O4. The highest BCUT2D eigenvalue weighted by Gasteiger charge is 2.43. The van der Waals surface area contributed by atoms with Gasteiger partial charge in [-0.2, -0.15) is 5.10 Å². The van der Waals surface area contributed by atoms with Crippen molar-refractivity contribution in [1.82, 2.24) is 10.2 Å². The number of amides is 1. The topological polar surface area (TPSA) is 84.5 Å². The molecule has 0 spiro atoms. The summed E-state index contributed by atoms with van der Waals surface area (Å²) < 4.78 is 10.7. The maximum atomic E-state index is 13.7. The first-order valence-corrected chi connectivity index (χ1v) is 12.0. The number of ether oxygens (including phenoxy) is 2. The molecule has 1 N–H and O–H groups in total. The molecule has 0 radical (unpaired) electrons. The van der Waals surface area contributed by atoms with Gasteiger partial charge in [0.05, 0.1) is 30.5 Å². The molecule has 7 heteroatoms. The van der Waals surface area contributed by atoms with Crippen LogP contribution < -0.4 is 9.64 Å². The zero-order valence-electron chi connectivity index (χ0n) is 20.4. The number of esters is 1. The lowest BCUT2D eigenvalue weighted by atomic mass is 9.95. The summed E-state index contributed by atoms with van der Waals surface area (Å²) in [5, 5.41) is 7.52. The third-order valence-corrected chi connectivity index (χ3v) is 6.26. The number of hydrogen-bond acceptors (Lipinski definition) is 5. The number of anilines is 1. The van der Waals surface area contributed by atoms with Gasteiger partial charge in [0.15, 0.2) is 0 Å². The zero-order valence-corrected chi connectivity index (χ0v) is 20.4. The van der Waals surface area contributed by atoms with Crippen LogP contribution in [0.2, 0.25) is 0 Å². The van der Waals surface area contributed by atoms with Crippen LogP contribution in [0.25, 0.3) is 11.3 Å². The highest BCUT2D eigenvalue weighted by atomic mass is 16.5. The quantitative estimate of drug-likeness (QED) is 0.342. The monoisotopic (exact) mass is 481 g/mol. The summed E-state index contributed by atoms with van der Waals surface area (Å²) in [7, 11) is 0. The maximum Gasteiger partial charge on any atom is 0.338 e. The first kappa shape index (κ1) is 23.4. The summed E-state index contributed by atoms with van der Waals surface area (Å²) in [5.74, 6) is 0.191. The van der Waals surface area contributed by atoms with Gasteiger partial charge in [0, 0.05) is 16.8 Å². The summed E-state index contributed by atoms with van der Waals surface area (Å²) >= 11 is 0. The third kappa shape index (κ3) is 4.13. The zero-order chi connectivity index (χ0) is 25.2. The second kappa shape index (κ2) is 9.70. The van der Waals surface area contributed by atoms with E-state index in [1.807, 2.05) is 62.4 Å². The molecule has 4 aromatic rings. The molecule has 0 fully saturated rings. The Morgan fingerprint density at radius 3 is 2.28 bits per heavy atom. The Bertz CT molecular complexity index is 1390. The number of carbonyl (C=O) groups excluding carboxylic acids is 2. The molecule has 7 nitrogen and oxygen atoms in total. The second-order valence-electron chi connectivity index (χ2n) is 8.57. The Morgan fingerprint density at radius 1 is 0.944 bits per heavy atom. The number of nitrogens with one attached hydrogen (secondary N) is 1. The number of aromatic nitrogens is 2. The minimum atomic E-state index is -0.410. The van der Waals surface area contributed by atoms with Crippen LogP contribution in [0, 0.1) is 6.92 Å². The van der Waals surface area contributed by atoms with E-state index >= 15 is 0 Å². The van der Waals surface area contributed by atoms with Gasteiger partial charge in [-0.05, 0) is 62.7 Å². The number of benzene rings is 3. The number of aromatic amines is 1. The van der Waals surface area contributed by atoms with Crippen molar-refractivity contribution in [2.45, 2.75) is 26.8 Å². The van der Waals surface area contributed by atoms with E-state index < -0.39 is 12.0 Å². The van der Waals surface area contributed by atoms with E-state index in [4.69, 9.17) is 9.47 Å². The smallest absolute Gasteiger partial charge is 0.338 e. The molecule has 1 aliphatic heterocycles. The van der Waals surface area contributed by atoms with Crippen LogP contribution in [0.3, 0.4) is 0 Å². The number of H-pyrrole nitrogens is 1. The minimum Gasteiger partial charge on any atom is -0.494 e. The number of aryl methyl sites for hydroxylation is 1. The predicted molar refractivity (Wildman–Crippen MR) is 137 cm³/mol. The third-order valence-electron chi connectivity index (χ3n) is 6.26. The summed E-state index contributed by atoms with van der Waals surface area (Å²) in [5.41, 5.74) is 6.13. The van der Waals surface area contributed by atoms with Crippen molar-refractivity contribution < 1.29 is 19.1 Å². The highest BCUT2D eigenvalue weighted by molar-refractivity contribution is 6.12. The van der Waals surface area contributed by atoms with Gasteiger partial charge < -0.3 is 9.47 Å². The maximum absolute atomic E-state index is 13.7. The van der Waals surface area contributed by atoms with E-state index in [1.165, 1.54) is 0 Å². The molecule has 0 aliphatic carbocycles. The fourth-order valence-corrected chi connectivity index (χ4v) is 4.55. The summed E-state index contributed by atoms with van der Waals surface area (Å²) in [4.78, 5) is 27.6. The first-order valence-electron chi connectivity index (χ1n) is 12.0. The normalized spacial score (nSPS) is 14.6. The van der Waals surface area contributed by atoms with Crippen LogP contribution in [0.1, 0.15) is 57.4 Å². The second-order valence-corrected chi connectivity index (χ2v) is 8.57. The highest BCUT2D eigenvalue weighted by Crippen LogP contribution is 2.45. The van der Waals surface area contributed by atoms with E-state index in [2.05, 4.69) is 10.2 Å². The van der Waals surface area contributed by atoms with Crippen molar-refractivity contribution in [2.24, 2.45) is 0 Å². The summed E-state index contributed by atoms with van der Waals surface area (Å²) in [6.45, 7) is 6.62. The SMILES string of the molecule is CCOC(=O)c1ccc(N2C(=O)c3[nH]nc(-c4ccc(C)cc4)c3[C@@H]2c2ccc(OCC)cc2)cc1. The van der Waals surface area contributed by atoms with Crippen molar-refractivity contribution in [2.75, 3.05) is 18.1 Å². The van der Waals surface area contributed by atoms with Gasteiger partial charge in [-0.25, -0.2) is 4.79 Å². The van der Waals surface area contributed by atoms with Gasteiger partial charge in [0.25, 0.3) is 5.91 Å². The molecular weight excluding hydrogens is 454 g/mol. The predicted octanol–water partition coefficient (Wildman–Crippen LogP) is 5.71. The van der Waals surface area contributed by atoms with Crippen LogP contribution in [0.15, 0.2) is 72.8 Å². The van der Waals surface area contributed by atoms with E-state index in [0.29, 0.717) is 30.2 Å². The van der Waals surface area contributed by atoms with E-state index in [1.54, 1.807) is 36.1 Å². The molecule has 0 unspecified atom stereocenters. The number of fused-ring (bicyclic) bond motifs is 1.